The molecule has 6 heteroatoms. The van der Waals surface area contributed by atoms with Gasteiger partial charge in [-0.05, 0) is 11.6 Å². The lowest BCUT2D eigenvalue weighted by Crippen LogP contribution is -1.87. The van der Waals surface area contributed by atoms with Crippen LogP contribution in [0.15, 0.2) is 28.7 Å². The second-order valence-corrected chi connectivity index (χ2v) is 2.90. The van der Waals surface area contributed by atoms with E-state index in [1.54, 1.807) is 18.5 Å². The van der Waals surface area contributed by atoms with E-state index in [1.807, 2.05) is 0 Å². The lowest BCUT2D eigenvalue weighted by Gasteiger charge is -1.93. The third-order valence-electron chi connectivity index (χ3n) is 1.03. The largest absolute Gasteiger partial charge is 0.231 e. The van der Waals surface area contributed by atoms with Crippen molar-refractivity contribution < 1.29 is 0 Å². The second kappa shape index (κ2) is 5.40. The zero-order chi connectivity index (χ0) is 8.65. The van der Waals surface area contributed by atoms with Crippen LogP contribution >= 0.6 is 11.8 Å². The first-order valence-corrected chi connectivity index (χ1v) is 4.32. The van der Waals surface area contributed by atoms with Crippen LogP contribution in [0.3, 0.4) is 0 Å². The molecule has 62 valence electrons. The van der Waals surface area contributed by atoms with Crippen LogP contribution in [0.2, 0.25) is 0 Å². The smallest absolute Gasteiger partial charge is 0.187 e. The van der Waals surface area contributed by atoms with Crippen molar-refractivity contribution in [3.63, 3.8) is 0 Å². The molecule has 0 aliphatic rings. The molecular formula is C6H7N5S. The van der Waals surface area contributed by atoms with E-state index in [2.05, 4.69) is 20.0 Å². The summed E-state index contributed by atoms with van der Waals surface area (Å²) in [5, 5.41) is 4.10. The highest BCUT2D eigenvalue weighted by molar-refractivity contribution is 7.99. The molecule has 1 rings (SSSR count). The van der Waals surface area contributed by atoms with Crippen LogP contribution in [0.25, 0.3) is 10.4 Å². The van der Waals surface area contributed by atoms with Gasteiger partial charge in [-0.3, -0.25) is 0 Å². The van der Waals surface area contributed by atoms with Crippen molar-refractivity contribution in [3.8, 4) is 0 Å². The number of aromatic nitrogens is 2. The van der Waals surface area contributed by atoms with Gasteiger partial charge in [0.15, 0.2) is 5.16 Å². The number of nitrogens with zero attached hydrogens (tertiary/aromatic N) is 5. The van der Waals surface area contributed by atoms with Gasteiger partial charge in [-0.25, -0.2) is 9.97 Å². The fourth-order valence-corrected chi connectivity index (χ4v) is 1.21. The maximum Gasteiger partial charge on any atom is 0.187 e. The summed E-state index contributed by atoms with van der Waals surface area (Å²) in [4.78, 5) is 10.6. The predicted molar refractivity (Wildman–Crippen MR) is 46.8 cm³/mol. The van der Waals surface area contributed by atoms with E-state index < -0.39 is 0 Å². The maximum atomic E-state index is 7.98. The van der Waals surface area contributed by atoms with Crippen molar-refractivity contribution in [2.45, 2.75) is 5.16 Å². The molecule has 0 aliphatic heterocycles. The van der Waals surface area contributed by atoms with Gasteiger partial charge in [-0.15, -0.1) is 0 Å². The average Bonchev–Trinajstić information content (AvgIpc) is 2.14. The maximum absolute atomic E-state index is 7.98. The Labute approximate surface area is 73.9 Å². The average molecular weight is 181 g/mol. The number of thioether (sulfide) groups is 1. The highest BCUT2D eigenvalue weighted by Gasteiger charge is 1.92. The fraction of sp³-hybridized carbons (Fsp3) is 0.333. The first kappa shape index (κ1) is 8.83. The Morgan fingerprint density at radius 1 is 1.50 bits per heavy atom. The molecular weight excluding hydrogens is 174 g/mol. The summed E-state index contributed by atoms with van der Waals surface area (Å²) in [5.74, 6) is 0.716. The van der Waals surface area contributed by atoms with Crippen LogP contribution in [-0.4, -0.2) is 22.3 Å². The molecule has 0 amide bonds. The number of azide groups is 1. The molecule has 1 aromatic rings. The van der Waals surface area contributed by atoms with Crippen molar-refractivity contribution in [1.29, 1.82) is 0 Å². The standard InChI is InChI=1S/C6H7N5S/c7-11-10-4-5-12-6-8-2-1-3-9-6/h1-3H,4-5H2. The van der Waals surface area contributed by atoms with Crippen molar-refractivity contribution in [1.82, 2.24) is 9.97 Å². The van der Waals surface area contributed by atoms with Crippen LogP contribution < -0.4 is 0 Å². The molecule has 12 heavy (non-hydrogen) atoms. The lowest BCUT2D eigenvalue weighted by atomic mass is 10.7. The minimum atomic E-state index is 0.472. The van der Waals surface area contributed by atoms with Crippen LogP contribution in [0, 0.1) is 0 Å². The molecule has 0 bridgehead atoms. The van der Waals surface area contributed by atoms with E-state index in [0.717, 1.165) is 0 Å². The third-order valence-corrected chi connectivity index (χ3v) is 1.88. The van der Waals surface area contributed by atoms with Crippen LogP contribution in [-0.2, 0) is 0 Å². The molecule has 5 nitrogen and oxygen atoms in total. The minimum absolute atomic E-state index is 0.472. The molecule has 0 unspecified atom stereocenters. The molecule has 0 aromatic carbocycles. The minimum Gasteiger partial charge on any atom is -0.231 e. The van der Waals surface area contributed by atoms with Gasteiger partial charge in [-0.1, -0.05) is 16.9 Å². The van der Waals surface area contributed by atoms with Gasteiger partial charge >= 0.3 is 0 Å². The SMILES string of the molecule is [N-]=[N+]=NCCSc1ncccn1. The molecule has 0 saturated carbocycles. The summed E-state index contributed by atoms with van der Waals surface area (Å²) in [5.41, 5.74) is 7.98. The Morgan fingerprint density at radius 3 is 2.92 bits per heavy atom. The van der Waals surface area contributed by atoms with Crippen molar-refractivity contribution in [2.24, 2.45) is 5.11 Å². The fourth-order valence-electron chi connectivity index (χ4n) is 0.582. The lowest BCUT2D eigenvalue weighted by molar-refractivity contribution is 0.963. The van der Waals surface area contributed by atoms with Gasteiger partial charge in [0, 0.05) is 29.6 Å². The van der Waals surface area contributed by atoms with E-state index in [-0.39, 0.29) is 0 Å². The zero-order valence-electron chi connectivity index (χ0n) is 6.29. The van der Waals surface area contributed by atoms with E-state index in [1.165, 1.54) is 11.8 Å². The van der Waals surface area contributed by atoms with Crippen LogP contribution in [0.1, 0.15) is 0 Å². The van der Waals surface area contributed by atoms with Gasteiger partial charge in [-0.2, -0.15) is 0 Å². The molecule has 0 spiro atoms. The summed E-state index contributed by atoms with van der Waals surface area (Å²) in [6, 6.07) is 1.76. The van der Waals surface area contributed by atoms with E-state index >= 15 is 0 Å². The number of hydrogen-bond donors (Lipinski definition) is 0. The normalized spacial score (nSPS) is 9.00. The molecule has 0 atom stereocenters. The molecule has 0 N–H and O–H groups in total. The van der Waals surface area contributed by atoms with Crippen molar-refractivity contribution >= 4 is 11.8 Å². The Hall–Kier alpha value is -1.26. The predicted octanol–water partition coefficient (Wildman–Crippen LogP) is 1.88. The Kier molecular flexibility index (Phi) is 3.97. The molecule has 0 radical (unpaired) electrons. The van der Waals surface area contributed by atoms with Crippen LogP contribution in [0.4, 0.5) is 0 Å². The monoisotopic (exact) mass is 181 g/mol. The molecule has 1 heterocycles. The first-order valence-electron chi connectivity index (χ1n) is 3.34. The topological polar surface area (TPSA) is 74.5 Å². The first-order chi connectivity index (χ1) is 5.93. The summed E-state index contributed by atoms with van der Waals surface area (Å²) < 4.78 is 0. The van der Waals surface area contributed by atoms with E-state index in [4.69, 9.17) is 5.53 Å². The molecule has 0 saturated heterocycles. The summed E-state index contributed by atoms with van der Waals surface area (Å²) in [6.45, 7) is 0.472. The summed E-state index contributed by atoms with van der Waals surface area (Å²) >= 11 is 1.47. The van der Waals surface area contributed by atoms with Crippen LogP contribution in [0.5, 0.6) is 0 Å². The van der Waals surface area contributed by atoms with Gasteiger partial charge < -0.3 is 0 Å². The third kappa shape index (κ3) is 3.23. The summed E-state index contributed by atoms with van der Waals surface area (Å²) in [6.07, 6.45) is 3.37. The van der Waals surface area contributed by atoms with Gasteiger partial charge in [0.05, 0.1) is 0 Å². The molecule has 0 aliphatic carbocycles. The van der Waals surface area contributed by atoms with Crippen molar-refractivity contribution in [2.75, 3.05) is 12.3 Å². The Morgan fingerprint density at radius 2 is 2.25 bits per heavy atom. The van der Waals surface area contributed by atoms with Gasteiger partial charge in [0.2, 0.25) is 0 Å². The Bertz CT molecular complexity index is 269. The van der Waals surface area contributed by atoms with Crippen molar-refractivity contribution in [3.05, 3.63) is 28.9 Å². The summed E-state index contributed by atoms with van der Waals surface area (Å²) in [7, 11) is 0. The van der Waals surface area contributed by atoms with Gasteiger partial charge in [0.25, 0.3) is 0 Å². The molecule has 1 aromatic heterocycles. The van der Waals surface area contributed by atoms with E-state index in [9.17, 15) is 0 Å². The number of hydrogen-bond acceptors (Lipinski definition) is 4. The van der Waals surface area contributed by atoms with Gasteiger partial charge in [0.1, 0.15) is 0 Å². The quantitative estimate of drug-likeness (QED) is 0.178. The number of rotatable bonds is 4. The molecule has 0 fully saturated rings. The zero-order valence-corrected chi connectivity index (χ0v) is 7.11. The highest BCUT2D eigenvalue weighted by Crippen LogP contribution is 2.09. The highest BCUT2D eigenvalue weighted by atomic mass is 32.2. The van der Waals surface area contributed by atoms with E-state index in [0.29, 0.717) is 17.5 Å². The second-order valence-electron chi connectivity index (χ2n) is 1.83. The Balaban J connectivity index is 2.29.